The minimum Gasteiger partial charge on any atom is -0.456 e. The molecule has 180 valence electrons. The first-order valence-corrected chi connectivity index (χ1v) is 13.6. The molecule has 0 fully saturated rings. The number of Topliss-reactive ketones (excluding diaryl/α,β-unsaturated/α-hetero) is 1. The lowest BCUT2D eigenvalue weighted by Crippen LogP contribution is -2.30. The van der Waals surface area contributed by atoms with Crippen LogP contribution in [0, 0.1) is 0 Å². The van der Waals surface area contributed by atoms with E-state index in [-0.39, 0.29) is 17.8 Å². The van der Waals surface area contributed by atoms with Crippen LogP contribution < -0.4 is 11.1 Å². The highest BCUT2D eigenvalue weighted by atomic mass is 33.1. The molecule has 0 saturated carbocycles. The number of carbonyl (C=O) groups excluding carboxylic acids is 2. The largest absolute Gasteiger partial charge is 0.456 e. The van der Waals surface area contributed by atoms with E-state index in [1.165, 1.54) is 0 Å². The van der Waals surface area contributed by atoms with Crippen molar-refractivity contribution in [2.24, 2.45) is 5.73 Å². The number of hydrogen-bond acceptors (Lipinski definition) is 8. The van der Waals surface area contributed by atoms with Crippen LogP contribution in [-0.4, -0.2) is 40.7 Å². The van der Waals surface area contributed by atoms with Gasteiger partial charge in [0.15, 0.2) is 0 Å². The normalized spacial score (nSPS) is 12.2. The van der Waals surface area contributed by atoms with Crippen molar-refractivity contribution in [1.29, 1.82) is 0 Å². The Morgan fingerprint density at radius 3 is 2.52 bits per heavy atom. The molecule has 0 radical (unpaired) electrons. The number of ketones is 1. The summed E-state index contributed by atoms with van der Waals surface area (Å²) in [7, 11) is 3.22. The average molecular weight is 490 g/mol. The highest BCUT2D eigenvalue weighted by Crippen LogP contribution is 2.29. The standard InChI is InChI=1S/C25H35N3O3S2/c1-25(2,3)31-24(30)19-11-13-20(14-12-19)27-16-7-4-5-9-21(26)22(29)15-18-32-33-23-10-6-8-17-28-23/h6,8,10-14,17,21,27H,4-5,7,9,15-16,18,26H2,1-3H3. The Morgan fingerprint density at radius 2 is 1.85 bits per heavy atom. The van der Waals surface area contributed by atoms with Gasteiger partial charge in [0, 0.05) is 30.6 Å². The number of nitrogens with two attached hydrogens (primary N) is 1. The van der Waals surface area contributed by atoms with Gasteiger partial charge < -0.3 is 15.8 Å². The highest BCUT2D eigenvalue weighted by molar-refractivity contribution is 8.76. The molecule has 1 aromatic carbocycles. The van der Waals surface area contributed by atoms with Crippen LogP contribution in [0.25, 0.3) is 0 Å². The Labute approximate surface area is 205 Å². The van der Waals surface area contributed by atoms with Crippen molar-refractivity contribution in [1.82, 2.24) is 4.98 Å². The number of ether oxygens (including phenoxy) is 1. The molecule has 0 aliphatic rings. The van der Waals surface area contributed by atoms with E-state index in [0.29, 0.717) is 12.0 Å². The summed E-state index contributed by atoms with van der Waals surface area (Å²) in [6.07, 6.45) is 5.91. The first kappa shape index (κ1) is 27.2. The van der Waals surface area contributed by atoms with Crippen LogP contribution in [0.4, 0.5) is 5.69 Å². The fourth-order valence-electron chi connectivity index (χ4n) is 2.95. The molecular weight excluding hydrogens is 454 g/mol. The van der Waals surface area contributed by atoms with Crippen LogP contribution in [0.2, 0.25) is 0 Å². The Balaban J connectivity index is 1.53. The Bertz CT molecular complexity index is 855. The van der Waals surface area contributed by atoms with Crippen LogP contribution in [-0.2, 0) is 9.53 Å². The molecule has 1 atom stereocenters. The summed E-state index contributed by atoms with van der Waals surface area (Å²) in [6, 6.07) is 12.7. The number of esters is 1. The Morgan fingerprint density at radius 1 is 1.09 bits per heavy atom. The van der Waals surface area contributed by atoms with Crippen molar-refractivity contribution >= 4 is 39.0 Å². The lowest BCUT2D eigenvalue weighted by molar-refractivity contribution is -0.120. The third-order valence-corrected chi connectivity index (χ3v) is 6.93. The van der Waals surface area contributed by atoms with Gasteiger partial charge in [-0.15, -0.1) is 0 Å². The fraction of sp³-hybridized carbons (Fsp3) is 0.480. The summed E-state index contributed by atoms with van der Waals surface area (Å²) in [6.45, 7) is 6.39. The number of nitrogens with one attached hydrogen (secondary N) is 1. The van der Waals surface area contributed by atoms with Gasteiger partial charge in [-0.1, -0.05) is 29.7 Å². The summed E-state index contributed by atoms with van der Waals surface area (Å²) in [5, 5.41) is 4.31. The molecule has 0 bridgehead atoms. The van der Waals surface area contributed by atoms with Crippen LogP contribution in [0.15, 0.2) is 53.7 Å². The van der Waals surface area contributed by atoms with Gasteiger partial charge in [0.25, 0.3) is 0 Å². The van der Waals surface area contributed by atoms with Crippen molar-refractivity contribution in [2.75, 3.05) is 17.6 Å². The SMILES string of the molecule is CC(C)(C)OC(=O)c1ccc(NCCCCCC(N)C(=O)CCSSc2ccccn2)cc1. The van der Waals surface area contributed by atoms with Gasteiger partial charge in [-0.25, -0.2) is 9.78 Å². The number of aromatic nitrogens is 1. The molecule has 0 amide bonds. The lowest BCUT2D eigenvalue weighted by Gasteiger charge is -2.19. The fourth-order valence-corrected chi connectivity index (χ4v) is 4.83. The van der Waals surface area contributed by atoms with Crippen molar-refractivity contribution in [3.05, 3.63) is 54.2 Å². The first-order valence-electron chi connectivity index (χ1n) is 11.3. The van der Waals surface area contributed by atoms with Crippen LogP contribution in [0.3, 0.4) is 0 Å². The van der Waals surface area contributed by atoms with Crippen LogP contribution in [0.1, 0.15) is 63.2 Å². The third kappa shape index (κ3) is 11.6. The molecule has 33 heavy (non-hydrogen) atoms. The third-order valence-electron chi connectivity index (χ3n) is 4.67. The number of hydrogen-bond donors (Lipinski definition) is 2. The molecule has 2 rings (SSSR count). The maximum atomic E-state index is 12.2. The topological polar surface area (TPSA) is 94.3 Å². The van der Waals surface area contributed by atoms with Crippen molar-refractivity contribution < 1.29 is 14.3 Å². The zero-order valence-corrected chi connectivity index (χ0v) is 21.3. The zero-order chi connectivity index (χ0) is 24.1. The second-order valence-corrected chi connectivity index (χ2v) is 11.2. The highest BCUT2D eigenvalue weighted by Gasteiger charge is 2.17. The van der Waals surface area contributed by atoms with Crippen molar-refractivity contribution in [3.63, 3.8) is 0 Å². The summed E-state index contributed by atoms with van der Waals surface area (Å²) >= 11 is 0. The Kier molecular flexibility index (Phi) is 11.8. The summed E-state index contributed by atoms with van der Waals surface area (Å²) in [5.74, 6) is 0.558. The molecule has 0 spiro atoms. The Hall–Kier alpha value is -2.03. The summed E-state index contributed by atoms with van der Waals surface area (Å²) in [5.41, 5.74) is 7.07. The molecule has 6 nitrogen and oxygen atoms in total. The van der Waals surface area contributed by atoms with Crippen molar-refractivity contribution in [3.8, 4) is 0 Å². The number of carbonyl (C=O) groups is 2. The van der Waals surface area contributed by atoms with E-state index in [1.54, 1.807) is 39.9 Å². The molecule has 2 aromatic rings. The maximum Gasteiger partial charge on any atom is 0.338 e. The number of unbranched alkanes of at least 4 members (excludes halogenated alkanes) is 2. The maximum absolute atomic E-state index is 12.2. The summed E-state index contributed by atoms with van der Waals surface area (Å²) < 4.78 is 5.37. The van der Waals surface area contributed by atoms with Gasteiger partial charge in [-0.3, -0.25) is 4.79 Å². The predicted octanol–water partition coefficient (Wildman–Crippen LogP) is 5.74. The van der Waals surface area contributed by atoms with E-state index in [1.807, 2.05) is 51.1 Å². The van der Waals surface area contributed by atoms with Crippen LogP contribution >= 0.6 is 21.6 Å². The molecular formula is C25H35N3O3S2. The van der Waals surface area contributed by atoms with Gasteiger partial charge in [-0.2, -0.15) is 0 Å². The molecule has 0 aliphatic carbocycles. The van der Waals surface area contributed by atoms with E-state index < -0.39 is 5.60 Å². The smallest absolute Gasteiger partial charge is 0.338 e. The van der Waals surface area contributed by atoms with Gasteiger partial charge in [0.2, 0.25) is 0 Å². The second kappa shape index (κ2) is 14.3. The molecule has 3 N–H and O–H groups in total. The molecule has 8 heteroatoms. The van der Waals surface area contributed by atoms with Gasteiger partial charge in [0.1, 0.15) is 16.4 Å². The molecule has 0 aliphatic heterocycles. The van der Waals surface area contributed by atoms with Gasteiger partial charge in [0.05, 0.1) is 11.6 Å². The number of anilines is 1. The van der Waals surface area contributed by atoms with E-state index in [9.17, 15) is 9.59 Å². The predicted molar refractivity (Wildman–Crippen MR) is 139 cm³/mol. The van der Waals surface area contributed by atoms with Gasteiger partial charge in [-0.05, 0) is 80.8 Å². The first-order chi connectivity index (χ1) is 15.7. The second-order valence-electron chi connectivity index (χ2n) is 8.75. The van der Waals surface area contributed by atoms with Crippen LogP contribution in [0.5, 0.6) is 0 Å². The van der Waals surface area contributed by atoms with Crippen molar-refractivity contribution in [2.45, 2.75) is 69.5 Å². The molecule has 1 unspecified atom stereocenters. The summed E-state index contributed by atoms with van der Waals surface area (Å²) in [4.78, 5) is 28.5. The number of rotatable bonds is 14. The minimum absolute atomic E-state index is 0.132. The molecule has 1 aromatic heterocycles. The molecule has 0 saturated heterocycles. The van der Waals surface area contributed by atoms with Gasteiger partial charge >= 0.3 is 5.97 Å². The zero-order valence-electron chi connectivity index (χ0n) is 19.7. The van der Waals surface area contributed by atoms with E-state index in [2.05, 4.69) is 10.3 Å². The number of nitrogens with zero attached hydrogens (tertiary/aromatic N) is 1. The minimum atomic E-state index is -0.501. The average Bonchev–Trinajstić information content (AvgIpc) is 2.78. The number of pyridine rings is 1. The monoisotopic (exact) mass is 489 g/mol. The lowest BCUT2D eigenvalue weighted by atomic mass is 10.0. The quantitative estimate of drug-likeness (QED) is 0.197. The van der Waals surface area contributed by atoms with E-state index >= 15 is 0 Å². The number of benzene rings is 1. The van der Waals surface area contributed by atoms with E-state index in [4.69, 9.17) is 10.5 Å². The van der Waals surface area contributed by atoms with E-state index in [0.717, 1.165) is 48.7 Å². The molecule has 1 heterocycles.